The van der Waals surface area contributed by atoms with Gasteiger partial charge in [-0.1, -0.05) is 6.07 Å². The Morgan fingerprint density at radius 3 is 2.74 bits per heavy atom. The third-order valence-corrected chi connectivity index (χ3v) is 5.88. The number of ketones is 1. The van der Waals surface area contributed by atoms with Crippen LogP contribution in [0.5, 0.6) is 5.75 Å². The van der Waals surface area contributed by atoms with E-state index in [4.69, 9.17) is 14.6 Å². The van der Waals surface area contributed by atoms with Crippen molar-refractivity contribution in [1.29, 1.82) is 0 Å². The maximum atomic E-state index is 14.6. The number of halogens is 1. The Bertz CT molecular complexity index is 1120. The van der Waals surface area contributed by atoms with Crippen LogP contribution < -0.4 is 10.1 Å². The molecule has 0 unspecified atom stereocenters. The molecule has 1 aromatic heterocycles. The number of nitrogens with zero attached hydrogens (tertiary/aromatic N) is 1. The fourth-order valence-electron chi connectivity index (χ4n) is 4.09. The number of fused-ring (bicyclic) bond motifs is 1. The number of pyridine rings is 1. The zero-order valence-electron chi connectivity index (χ0n) is 18.4. The average Bonchev–Trinajstić information content (AvgIpc) is 3.28. The Morgan fingerprint density at radius 2 is 2.00 bits per heavy atom. The number of aliphatic hydroxyl groups is 1. The largest absolute Gasteiger partial charge is 0.491 e. The Balaban J connectivity index is 1.53. The van der Waals surface area contributed by atoms with E-state index < -0.39 is 35.6 Å². The number of carboxylic acid groups (broad SMARTS) is 1. The van der Waals surface area contributed by atoms with Crippen molar-refractivity contribution in [2.75, 3.05) is 19.8 Å². The molecular formula is C24H25FN2O7. The summed E-state index contributed by atoms with van der Waals surface area (Å²) in [4.78, 5) is 40.0. The minimum absolute atomic E-state index is 0.155. The van der Waals surface area contributed by atoms with Crippen LogP contribution in [0.3, 0.4) is 0 Å². The lowest BCUT2D eigenvalue weighted by Gasteiger charge is -2.28. The molecule has 0 spiro atoms. The molecular weight excluding hydrogens is 447 g/mol. The molecule has 1 amide bonds. The van der Waals surface area contributed by atoms with E-state index in [1.807, 2.05) is 0 Å². The third-order valence-electron chi connectivity index (χ3n) is 5.88. The normalized spacial score (nSPS) is 19.2. The molecule has 3 N–H and O–H groups in total. The van der Waals surface area contributed by atoms with Crippen molar-refractivity contribution >= 4 is 17.7 Å². The summed E-state index contributed by atoms with van der Waals surface area (Å²) in [6.45, 7) is 1.02. The zero-order chi connectivity index (χ0) is 24.2. The summed E-state index contributed by atoms with van der Waals surface area (Å²) < 4.78 is 25.5. The highest BCUT2D eigenvalue weighted by molar-refractivity contribution is 5.97. The first-order valence-corrected chi connectivity index (χ1v) is 11.1. The highest BCUT2D eigenvalue weighted by atomic mass is 19.1. The number of aromatic nitrogens is 1. The number of rotatable bonds is 8. The summed E-state index contributed by atoms with van der Waals surface area (Å²) in [5.41, 5.74) is 1.87. The van der Waals surface area contributed by atoms with Gasteiger partial charge < -0.3 is 25.0 Å². The van der Waals surface area contributed by atoms with Crippen LogP contribution in [0.4, 0.5) is 4.39 Å². The number of carbonyl (C=O) groups is 3. The number of carbonyl (C=O) groups excluding carboxylic acids is 2. The summed E-state index contributed by atoms with van der Waals surface area (Å²) in [6.07, 6.45) is -0.173. The Hall–Kier alpha value is -3.37. The second-order valence-corrected chi connectivity index (χ2v) is 8.36. The quantitative estimate of drug-likeness (QED) is 0.494. The number of nitrogens with one attached hydrogen (secondary N) is 1. The van der Waals surface area contributed by atoms with Gasteiger partial charge in [-0.05, 0) is 30.2 Å². The van der Waals surface area contributed by atoms with Crippen LogP contribution in [0.25, 0.3) is 0 Å². The molecule has 34 heavy (non-hydrogen) atoms. The van der Waals surface area contributed by atoms with Crippen LogP contribution >= 0.6 is 0 Å². The first kappa shape index (κ1) is 23.8. The van der Waals surface area contributed by atoms with Gasteiger partial charge in [0, 0.05) is 31.4 Å². The molecule has 1 aromatic carbocycles. The number of aliphatic hydroxyl groups excluding tert-OH is 1. The van der Waals surface area contributed by atoms with Gasteiger partial charge in [0.2, 0.25) is 0 Å². The fraction of sp³-hybridized carbons (Fsp3) is 0.417. The molecule has 2 aliphatic heterocycles. The smallest absolute Gasteiger partial charge is 0.303 e. The third kappa shape index (κ3) is 5.40. The number of amides is 1. The summed E-state index contributed by atoms with van der Waals surface area (Å²) in [5, 5.41) is 21.6. The lowest BCUT2D eigenvalue weighted by molar-refractivity contribution is -0.136. The van der Waals surface area contributed by atoms with Crippen LogP contribution in [0.15, 0.2) is 24.3 Å². The number of hydrogen-bond acceptors (Lipinski definition) is 7. The van der Waals surface area contributed by atoms with Crippen molar-refractivity contribution in [1.82, 2.24) is 10.3 Å². The van der Waals surface area contributed by atoms with Gasteiger partial charge in [0.05, 0.1) is 43.0 Å². The van der Waals surface area contributed by atoms with Gasteiger partial charge in [-0.15, -0.1) is 0 Å². The Kier molecular flexibility index (Phi) is 7.18. The van der Waals surface area contributed by atoms with Gasteiger partial charge >= 0.3 is 5.97 Å². The molecule has 1 saturated heterocycles. The van der Waals surface area contributed by atoms with Gasteiger partial charge in [-0.25, -0.2) is 9.37 Å². The predicted molar refractivity (Wildman–Crippen MR) is 117 cm³/mol. The highest BCUT2D eigenvalue weighted by Crippen LogP contribution is 2.31. The minimum atomic E-state index is -1.12. The van der Waals surface area contributed by atoms with Crippen molar-refractivity contribution in [2.45, 2.75) is 44.2 Å². The van der Waals surface area contributed by atoms with Gasteiger partial charge in [0.1, 0.15) is 17.3 Å². The van der Waals surface area contributed by atoms with Crippen molar-refractivity contribution in [3.63, 3.8) is 0 Å². The first-order valence-electron chi connectivity index (χ1n) is 11.1. The average molecular weight is 472 g/mol. The molecule has 2 aliphatic rings. The topological polar surface area (TPSA) is 135 Å². The second kappa shape index (κ2) is 10.3. The van der Waals surface area contributed by atoms with Crippen molar-refractivity contribution in [3.8, 4) is 5.75 Å². The summed E-state index contributed by atoms with van der Waals surface area (Å²) in [7, 11) is 0. The summed E-state index contributed by atoms with van der Waals surface area (Å²) >= 11 is 0. The number of aliphatic carboxylic acids is 1. The Labute approximate surface area is 194 Å². The van der Waals surface area contributed by atoms with Crippen LogP contribution in [-0.2, 0) is 22.4 Å². The fourth-order valence-corrected chi connectivity index (χ4v) is 4.09. The van der Waals surface area contributed by atoms with E-state index in [9.17, 15) is 23.9 Å². The molecule has 180 valence electrons. The van der Waals surface area contributed by atoms with Gasteiger partial charge in [0.15, 0.2) is 5.78 Å². The molecule has 0 radical (unpaired) electrons. The first-order chi connectivity index (χ1) is 16.3. The van der Waals surface area contributed by atoms with E-state index in [2.05, 4.69) is 10.3 Å². The van der Waals surface area contributed by atoms with Gasteiger partial charge in [-0.3, -0.25) is 14.4 Å². The van der Waals surface area contributed by atoms with E-state index >= 15 is 0 Å². The SMILES string of the molecule is O=C(O)CCC(=O)c1ccc(Cc2cc(C(=O)N[C@H]3CCOC[C@@H]3O)nc3c2OCC3)cc1F. The van der Waals surface area contributed by atoms with Crippen molar-refractivity contribution < 1.29 is 38.5 Å². The lowest BCUT2D eigenvalue weighted by Crippen LogP contribution is -2.48. The lowest BCUT2D eigenvalue weighted by atomic mass is 9.99. The molecule has 3 heterocycles. The Morgan fingerprint density at radius 1 is 1.18 bits per heavy atom. The van der Waals surface area contributed by atoms with Crippen LogP contribution in [0.2, 0.25) is 0 Å². The van der Waals surface area contributed by atoms with Crippen LogP contribution in [0, 0.1) is 5.82 Å². The number of carboxylic acids is 1. The highest BCUT2D eigenvalue weighted by Gasteiger charge is 2.28. The molecule has 1 fully saturated rings. The van der Waals surface area contributed by atoms with E-state index in [1.165, 1.54) is 12.1 Å². The zero-order valence-corrected chi connectivity index (χ0v) is 18.4. The van der Waals surface area contributed by atoms with E-state index in [0.29, 0.717) is 48.6 Å². The van der Waals surface area contributed by atoms with E-state index in [0.717, 1.165) is 0 Å². The molecule has 2 atom stereocenters. The minimum Gasteiger partial charge on any atom is -0.491 e. The molecule has 10 heteroatoms. The maximum Gasteiger partial charge on any atom is 0.303 e. The standard InChI is InChI=1S/C24H25FN2O7/c25-16-10-13(1-2-15(16)20(28)3-4-22(30)31)9-14-11-19(26-18-6-8-34-23(14)18)24(32)27-17-5-7-33-12-21(17)29/h1-2,10-11,17,21,29H,3-9,12H2,(H,27,32)(H,30,31)/t17-,21-/m0/s1. The van der Waals surface area contributed by atoms with E-state index in [-0.39, 0.29) is 37.1 Å². The van der Waals surface area contributed by atoms with Gasteiger partial charge in [-0.2, -0.15) is 0 Å². The molecule has 4 rings (SSSR count). The van der Waals surface area contributed by atoms with E-state index in [1.54, 1.807) is 12.1 Å². The molecule has 2 aromatic rings. The van der Waals surface area contributed by atoms with Crippen LogP contribution in [0.1, 0.15) is 56.9 Å². The maximum absolute atomic E-state index is 14.6. The second-order valence-electron chi connectivity index (χ2n) is 8.36. The molecule has 9 nitrogen and oxygen atoms in total. The molecule has 0 aliphatic carbocycles. The van der Waals surface area contributed by atoms with Gasteiger partial charge in [0.25, 0.3) is 5.91 Å². The number of ether oxygens (including phenoxy) is 2. The molecule has 0 bridgehead atoms. The molecule has 0 saturated carbocycles. The predicted octanol–water partition coefficient (Wildman–Crippen LogP) is 1.67. The van der Waals surface area contributed by atoms with Crippen LogP contribution in [-0.4, -0.2) is 64.8 Å². The summed E-state index contributed by atoms with van der Waals surface area (Å²) in [5.74, 6) is -2.29. The monoisotopic (exact) mass is 472 g/mol. The summed E-state index contributed by atoms with van der Waals surface area (Å²) in [6, 6.07) is 5.33. The number of benzene rings is 1. The number of Topliss-reactive ketones (excluding diaryl/α,β-unsaturated/α-hetero) is 1. The van der Waals surface area contributed by atoms with Crippen molar-refractivity contribution in [2.24, 2.45) is 0 Å². The number of hydrogen-bond donors (Lipinski definition) is 3. The van der Waals surface area contributed by atoms with Crippen molar-refractivity contribution in [3.05, 3.63) is 58.2 Å².